The zero-order valence-corrected chi connectivity index (χ0v) is 26.6. The van der Waals surface area contributed by atoms with Gasteiger partial charge < -0.3 is 10.3 Å². The molecule has 0 unspecified atom stereocenters. The van der Waals surface area contributed by atoms with Crippen molar-refractivity contribution in [3.63, 3.8) is 0 Å². The van der Waals surface area contributed by atoms with Gasteiger partial charge in [-0.25, -0.2) is 4.99 Å². The first-order chi connectivity index (χ1) is 21.4. The third kappa shape index (κ3) is 5.60. The van der Waals surface area contributed by atoms with E-state index in [9.17, 15) is 13.2 Å². The van der Waals surface area contributed by atoms with Crippen LogP contribution in [0.3, 0.4) is 0 Å². The van der Waals surface area contributed by atoms with Gasteiger partial charge in [-0.15, -0.1) is 0 Å². The zero-order chi connectivity index (χ0) is 30.3. The van der Waals surface area contributed by atoms with Gasteiger partial charge >= 0.3 is 0 Å². The molecule has 224 valence electrons. The molecule has 3 heterocycles. The number of sulfonamides is 1. The summed E-state index contributed by atoms with van der Waals surface area (Å²) in [7, 11) is -4.19. The van der Waals surface area contributed by atoms with Crippen LogP contribution in [0.25, 0.3) is 16.6 Å². The van der Waals surface area contributed by atoms with E-state index in [2.05, 4.69) is 37.9 Å². The Hall–Kier alpha value is -3.80. The average molecular weight is 642 g/mol. The second-order valence-corrected chi connectivity index (χ2v) is 14.5. The van der Waals surface area contributed by atoms with Gasteiger partial charge in [-0.1, -0.05) is 48.0 Å². The molecule has 1 aromatic heterocycles. The number of nitrogens with zero attached hydrogens (tertiary/aromatic N) is 3. The molecule has 0 bridgehead atoms. The molecule has 3 aliphatic rings. The number of amidine groups is 1. The molecular weight excluding hydrogens is 611 g/mol. The van der Waals surface area contributed by atoms with Crippen molar-refractivity contribution in [2.24, 2.45) is 9.39 Å². The molecule has 2 N–H and O–H groups in total. The monoisotopic (exact) mass is 641 g/mol. The number of carbonyl (C=O) groups is 1. The Morgan fingerprint density at radius 3 is 2.68 bits per heavy atom. The van der Waals surface area contributed by atoms with Crippen molar-refractivity contribution >= 4 is 67.1 Å². The number of aromatic nitrogens is 1. The Labute approximate surface area is 265 Å². The van der Waals surface area contributed by atoms with Gasteiger partial charge in [0, 0.05) is 29.2 Å². The fraction of sp³-hybridized carbons (Fsp3) is 0.242. The third-order valence-corrected chi connectivity index (χ3v) is 11.5. The summed E-state index contributed by atoms with van der Waals surface area (Å²) in [6.07, 6.45) is 6.91. The van der Waals surface area contributed by atoms with Gasteiger partial charge in [-0.2, -0.15) is 12.8 Å². The minimum absolute atomic E-state index is 0.0401. The third-order valence-electron chi connectivity index (χ3n) is 8.11. The molecular formula is C33H31N5O3S3. The summed E-state index contributed by atoms with van der Waals surface area (Å²) in [5, 5.41) is 4.79. The number of aliphatic imine (C=N–C) groups is 1. The van der Waals surface area contributed by atoms with E-state index in [1.165, 1.54) is 53.4 Å². The van der Waals surface area contributed by atoms with Crippen LogP contribution in [0.5, 0.6) is 0 Å². The van der Waals surface area contributed by atoms with E-state index < -0.39 is 15.9 Å². The van der Waals surface area contributed by atoms with Crippen molar-refractivity contribution in [3.8, 4) is 0 Å². The Morgan fingerprint density at radius 2 is 1.84 bits per heavy atom. The van der Waals surface area contributed by atoms with Crippen LogP contribution in [0.15, 0.2) is 92.1 Å². The van der Waals surface area contributed by atoms with Gasteiger partial charge in [-0.05, 0) is 104 Å². The molecule has 0 fully saturated rings. The summed E-state index contributed by atoms with van der Waals surface area (Å²) in [6.45, 7) is 2.21. The predicted molar refractivity (Wildman–Crippen MR) is 180 cm³/mol. The van der Waals surface area contributed by atoms with Crippen molar-refractivity contribution < 1.29 is 13.2 Å². The van der Waals surface area contributed by atoms with Crippen LogP contribution in [-0.2, 0) is 34.1 Å². The SMILES string of the molecule is Cc1ccc(S(=O)(=O)N=C(C(=O)NCCc2c[nH]c3ccccc23)C2=C(c3ccc4c(c3)CCCC4)N3SCN=C3S2)cc1. The number of amides is 1. The predicted octanol–water partition coefficient (Wildman–Crippen LogP) is 6.24. The van der Waals surface area contributed by atoms with Crippen LogP contribution < -0.4 is 5.32 Å². The molecule has 0 saturated carbocycles. The maximum atomic E-state index is 14.0. The number of nitrogens with one attached hydrogen (secondary N) is 2. The maximum Gasteiger partial charge on any atom is 0.283 e. The first-order valence-corrected chi connectivity index (χ1v) is 17.8. The van der Waals surface area contributed by atoms with E-state index in [4.69, 9.17) is 0 Å². The van der Waals surface area contributed by atoms with Crippen molar-refractivity contribution in [2.45, 2.75) is 43.9 Å². The summed E-state index contributed by atoms with van der Waals surface area (Å²) in [4.78, 5) is 22.4. The number of benzene rings is 3. The normalized spacial score (nSPS) is 16.7. The van der Waals surface area contributed by atoms with E-state index in [1.807, 2.05) is 41.7 Å². The zero-order valence-electron chi connectivity index (χ0n) is 24.2. The van der Waals surface area contributed by atoms with Gasteiger partial charge in [0.15, 0.2) is 10.9 Å². The Bertz CT molecular complexity index is 1980. The van der Waals surface area contributed by atoms with Crippen molar-refractivity contribution in [3.05, 3.63) is 106 Å². The lowest BCUT2D eigenvalue weighted by atomic mass is 9.90. The number of hydrogen-bond acceptors (Lipinski definition) is 7. The number of aromatic amines is 1. The van der Waals surface area contributed by atoms with Crippen molar-refractivity contribution in [1.82, 2.24) is 14.6 Å². The standard InChI is InChI=1S/C33H31N5O3S3/c1-21-10-14-26(15-11-21)44(40,41)37-29(32(39)34-17-16-25-19-35-28-9-5-4-8-27(25)28)31-30(38-33(43-31)36-20-42-38)24-13-12-22-6-2-3-7-23(22)18-24/h4-5,8-15,18-19,35H,2-3,6-7,16-17,20H2,1H3,(H,34,39). The van der Waals surface area contributed by atoms with Gasteiger partial charge in [0.2, 0.25) is 0 Å². The molecule has 7 rings (SSSR count). The second-order valence-electron chi connectivity index (χ2n) is 11.1. The number of fused-ring (bicyclic) bond motifs is 3. The lowest BCUT2D eigenvalue weighted by molar-refractivity contribution is -0.114. The molecule has 0 atom stereocenters. The number of H-pyrrole nitrogens is 1. The van der Waals surface area contributed by atoms with Crippen LogP contribution in [0.1, 0.15) is 40.7 Å². The van der Waals surface area contributed by atoms with Crippen molar-refractivity contribution in [1.29, 1.82) is 0 Å². The Kier molecular flexibility index (Phi) is 7.86. The summed E-state index contributed by atoms with van der Waals surface area (Å²) in [5.74, 6) is 0.0277. The van der Waals surface area contributed by atoms with Crippen LogP contribution in [-0.4, -0.2) is 46.9 Å². The first-order valence-electron chi connectivity index (χ1n) is 14.6. The minimum atomic E-state index is -4.19. The largest absolute Gasteiger partial charge is 0.361 e. The number of carbonyl (C=O) groups excluding carboxylic acids is 1. The van der Waals surface area contributed by atoms with Crippen LogP contribution in [0.2, 0.25) is 0 Å². The van der Waals surface area contributed by atoms with Crippen LogP contribution in [0, 0.1) is 6.92 Å². The first kappa shape index (κ1) is 28.9. The number of aryl methyl sites for hydroxylation is 3. The fourth-order valence-electron chi connectivity index (χ4n) is 5.82. The molecule has 3 aromatic carbocycles. The van der Waals surface area contributed by atoms with E-state index in [0.29, 0.717) is 23.7 Å². The van der Waals surface area contributed by atoms with E-state index in [1.54, 1.807) is 12.1 Å². The highest BCUT2D eigenvalue weighted by Gasteiger charge is 2.39. The minimum Gasteiger partial charge on any atom is -0.361 e. The molecule has 44 heavy (non-hydrogen) atoms. The van der Waals surface area contributed by atoms with Crippen molar-refractivity contribution in [2.75, 3.05) is 12.4 Å². The summed E-state index contributed by atoms with van der Waals surface area (Å²) in [5.41, 5.74) is 7.25. The number of rotatable bonds is 8. The quantitative estimate of drug-likeness (QED) is 0.174. The molecule has 0 spiro atoms. The van der Waals surface area contributed by atoms with Crippen LogP contribution in [0.4, 0.5) is 0 Å². The maximum absolute atomic E-state index is 14.0. The summed E-state index contributed by atoms with van der Waals surface area (Å²) in [6, 6.07) is 20.9. The lowest BCUT2D eigenvalue weighted by Crippen LogP contribution is -2.34. The fourth-order valence-corrected chi connectivity index (χ4v) is 9.10. The van der Waals surface area contributed by atoms with E-state index in [0.717, 1.165) is 57.7 Å². The molecule has 1 amide bonds. The smallest absolute Gasteiger partial charge is 0.283 e. The summed E-state index contributed by atoms with van der Waals surface area (Å²) >= 11 is 2.83. The molecule has 11 heteroatoms. The number of para-hydroxylation sites is 1. The molecule has 8 nitrogen and oxygen atoms in total. The highest BCUT2D eigenvalue weighted by Crippen LogP contribution is 2.48. The lowest BCUT2D eigenvalue weighted by Gasteiger charge is -2.20. The summed E-state index contributed by atoms with van der Waals surface area (Å²) < 4.78 is 33.6. The Balaban J connectivity index is 1.28. The van der Waals surface area contributed by atoms with E-state index in [-0.39, 0.29) is 10.6 Å². The second kappa shape index (κ2) is 11.9. The molecule has 4 aromatic rings. The van der Waals surface area contributed by atoms with Gasteiger partial charge in [0.05, 0.1) is 15.5 Å². The van der Waals surface area contributed by atoms with E-state index >= 15 is 0 Å². The van der Waals surface area contributed by atoms with Crippen LogP contribution >= 0.6 is 23.7 Å². The highest BCUT2D eigenvalue weighted by molar-refractivity contribution is 8.20. The van der Waals surface area contributed by atoms with Gasteiger partial charge in [0.25, 0.3) is 15.9 Å². The topological polar surface area (TPSA) is 107 Å². The highest BCUT2D eigenvalue weighted by atomic mass is 32.2. The van der Waals surface area contributed by atoms with Gasteiger partial charge in [0.1, 0.15) is 5.88 Å². The molecule has 1 aliphatic carbocycles. The number of hydrogen-bond donors (Lipinski definition) is 2. The molecule has 0 saturated heterocycles. The average Bonchev–Trinajstić information content (AvgIpc) is 3.75. The number of thioether (sulfide) groups is 1. The van der Waals surface area contributed by atoms with Gasteiger partial charge in [-0.3, -0.25) is 9.10 Å². The molecule has 0 radical (unpaired) electrons. The Morgan fingerprint density at radius 1 is 1.05 bits per heavy atom. The molecule has 2 aliphatic heterocycles.